The van der Waals surface area contributed by atoms with Gasteiger partial charge in [0.25, 0.3) is 0 Å². The topological polar surface area (TPSA) is 73.8 Å². The molecule has 2 fully saturated rings. The molecule has 2 aliphatic heterocycles. The molecule has 10 heteroatoms. The molecular weight excluding hydrogens is 489 g/mol. The van der Waals surface area contributed by atoms with Crippen LogP contribution in [0.2, 0.25) is 0 Å². The van der Waals surface area contributed by atoms with E-state index in [9.17, 15) is 17.2 Å². The van der Waals surface area contributed by atoms with Gasteiger partial charge in [0.05, 0.1) is 11.5 Å². The number of benzene rings is 1. The quantitative estimate of drug-likeness (QED) is 0.364. The fourth-order valence-corrected chi connectivity index (χ4v) is 5.13. The zero-order valence-corrected chi connectivity index (χ0v) is 18.3. The molecule has 2 atom stereocenters. The smallest absolute Gasteiger partial charge is 0.191 e. The largest absolute Gasteiger partial charge is 0.371 e. The van der Waals surface area contributed by atoms with Crippen molar-refractivity contribution in [2.75, 3.05) is 43.1 Å². The Morgan fingerprint density at radius 3 is 2.70 bits per heavy atom. The van der Waals surface area contributed by atoms with Gasteiger partial charge in [-0.25, -0.2) is 17.2 Å². The van der Waals surface area contributed by atoms with Crippen molar-refractivity contribution in [1.29, 1.82) is 0 Å². The molecule has 152 valence electrons. The van der Waals surface area contributed by atoms with Crippen molar-refractivity contribution in [3.63, 3.8) is 0 Å². The molecule has 2 unspecified atom stereocenters. The minimum Gasteiger partial charge on any atom is -0.371 e. The molecule has 1 aromatic carbocycles. The van der Waals surface area contributed by atoms with Crippen LogP contribution in [0.5, 0.6) is 0 Å². The van der Waals surface area contributed by atoms with E-state index in [4.69, 9.17) is 0 Å². The zero-order chi connectivity index (χ0) is 18.7. The lowest BCUT2D eigenvalue weighted by Gasteiger charge is -2.20. The molecule has 0 radical (unpaired) electrons. The summed E-state index contributed by atoms with van der Waals surface area (Å²) in [4.78, 5) is 6.19. The second-order valence-corrected chi connectivity index (χ2v) is 9.13. The summed E-state index contributed by atoms with van der Waals surface area (Å²) in [6, 6.07) is 3.87. The second-order valence-electron chi connectivity index (χ2n) is 6.90. The van der Waals surface area contributed by atoms with Crippen LogP contribution in [0.15, 0.2) is 23.2 Å². The van der Waals surface area contributed by atoms with Crippen molar-refractivity contribution in [3.8, 4) is 0 Å². The summed E-state index contributed by atoms with van der Waals surface area (Å²) in [6.07, 6.45) is 1.52. The Morgan fingerprint density at radius 2 is 2.07 bits per heavy atom. The van der Waals surface area contributed by atoms with E-state index in [1.165, 1.54) is 6.07 Å². The van der Waals surface area contributed by atoms with E-state index in [0.29, 0.717) is 30.5 Å². The van der Waals surface area contributed by atoms with Gasteiger partial charge >= 0.3 is 0 Å². The molecule has 0 bridgehead atoms. The Labute approximate surface area is 175 Å². The van der Waals surface area contributed by atoms with Crippen LogP contribution in [0, 0.1) is 17.6 Å². The normalized spacial score (nSPS) is 24.6. The van der Waals surface area contributed by atoms with Crippen LogP contribution in [-0.4, -0.2) is 58.6 Å². The highest BCUT2D eigenvalue weighted by atomic mass is 127. The van der Waals surface area contributed by atoms with Crippen LogP contribution >= 0.6 is 24.0 Å². The molecule has 6 nitrogen and oxygen atoms in total. The highest BCUT2D eigenvalue weighted by molar-refractivity contribution is 14.0. The van der Waals surface area contributed by atoms with Gasteiger partial charge < -0.3 is 15.5 Å². The molecule has 2 heterocycles. The molecule has 2 N–H and O–H groups in total. The molecule has 3 rings (SSSR count). The van der Waals surface area contributed by atoms with Crippen LogP contribution in [-0.2, 0) is 9.84 Å². The summed E-state index contributed by atoms with van der Waals surface area (Å²) in [7, 11) is -1.28. The van der Waals surface area contributed by atoms with Gasteiger partial charge in [-0.2, -0.15) is 0 Å². The first-order valence-electron chi connectivity index (χ1n) is 8.74. The van der Waals surface area contributed by atoms with E-state index in [0.717, 1.165) is 25.6 Å². The van der Waals surface area contributed by atoms with E-state index in [1.54, 1.807) is 13.1 Å². The highest BCUT2D eigenvalue weighted by Gasteiger charge is 2.29. The molecule has 0 amide bonds. The number of nitrogens with one attached hydrogen (secondary N) is 2. The third-order valence-corrected chi connectivity index (χ3v) is 6.68. The maximum atomic E-state index is 13.4. The van der Waals surface area contributed by atoms with Gasteiger partial charge in [-0.3, -0.25) is 4.99 Å². The summed E-state index contributed by atoms with van der Waals surface area (Å²) in [5.41, 5.74) is 0.685. The minimum absolute atomic E-state index is 0. The van der Waals surface area contributed by atoms with E-state index in [1.807, 2.05) is 4.90 Å². The summed E-state index contributed by atoms with van der Waals surface area (Å²) in [5.74, 6) is -0.378. The van der Waals surface area contributed by atoms with E-state index in [2.05, 4.69) is 15.6 Å². The van der Waals surface area contributed by atoms with Crippen molar-refractivity contribution in [2.24, 2.45) is 10.9 Å². The molecule has 2 aliphatic rings. The number of halogens is 3. The fraction of sp³-hybridized carbons (Fsp3) is 0.588. The number of aliphatic imine (C=N–C) groups is 1. The van der Waals surface area contributed by atoms with E-state index >= 15 is 0 Å². The predicted molar refractivity (Wildman–Crippen MR) is 114 cm³/mol. The lowest BCUT2D eigenvalue weighted by molar-refractivity contribution is 0.508. The fourth-order valence-electron chi connectivity index (χ4n) is 3.45. The first kappa shape index (κ1) is 22.1. The Balaban J connectivity index is 0.00000261. The third-order valence-electron chi connectivity index (χ3n) is 4.91. The average molecular weight is 514 g/mol. The zero-order valence-electron chi connectivity index (χ0n) is 15.1. The van der Waals surface area contributed by atoms with Gasteiger partial charge in [-0.15, -0.1) is 24.0 Å². The van der Waals surface area contributed by atoms with Gasteiger partial charge in [0.2, 0.25) is 0 Å². The lowest BCUT2D eigenvalue weighted by atomic mass is 10.1. The van der Waals surface area contributed by atoms with Gasteiger partial charge in [0.15, 0.2) is 27.4 Å². The van der Waals surface area contributed by atoms with Gasteiger partial charge in [0, 0.05) is 44.5 Å². The molecule has 0 spiro atoms. The standard InChI is InChI=1S/C17H24F2N4O2S.HI/c1-20-17(22-13-5-7-26(24,25)11-13)21-9-12-4-6-23(10-12)14-2-3-15(18)16(19)8-14;/h2-3,8,12-13H,4-7,9-11H2,1H3,(H2,20,21,22);1H. The second kappa shape index (κ2) is 9.35. The number of guanidine groups is 1. The van der Waals surface area contributed by atoms with Crippen LogP contribution in [0.3, 0.4) is 0 Å². The van der Waals surface area contributed by atoms with Crippen LogP contribution < -0.4 is 15.5 Å². The molecule has 1 aromatic rings. The maximum absolute atomic E-state index is 13.4. The number of hydrogen-bond acceptors (Lipinski definition) is 4. The number of anilines is 1. The molecular formula is C17H25F2IN4O2S. The summed E-state index contributed by atoms with van der Waals surface area (Å²) < 4.78 is 49.5. The van der Waals surface area contributed by atoms with Crippen LogP contribution in [0.1, 0.15) is 12.8 Å². The van der Waals surface area contributed by atoms with E-state index in [-0.39, 0.29) is 41.5 Å². The van der Waals surface area contributed by atoms with Gasteiger partial charge in [-0.1, -0.05) is 0 Å². The molecule has 0 aromatic heterocycles. The number of sulfone groups is 1. The predicted octanol–water partition coefficient (Wildman–Crippen LogP) is 1.76. The van der Waals surface area contributed by atoms with Gasteiger partial charge in [-0.05, 0) is 30.9 Å². The van der Waals surface area contributed by atoms with Crippen molar-refractivity contribution < 1.29 is 17.2 Å². The lowest BCUT2D eigenvalue weighted by Crippen LogP contribution is -2.45. The van der Waals surface area contributed by atoms with Crippen molar-refractivity contribution in [3.05, 3.63) is 29.8 Å². The summed E-state index contributed by atoms with van der Waals surface area (Å²) in [6.45, 7) is 2.20. The first-order valence-corrected chi connectivity index (χ1v) is 10.6. The van der Waals surface area contributed by atoms with Crippen LogP contribution in [0.4, 0.5) is 14.5 Å². The number of rotatable bonds is 4. The van der Waals surface area contributed by atoms with E-state index < -0.39 is 21.5 Å². The molecule has 2 saturated heterocycles. The van der Waals surface area contributed by atoms with Crippen molar-refractivity contribution in [2.45, 2.75) is 18.9 Å². The first-order chi connectivity index (χ1) is 12.4. The highest BCUT2D eigenvalue weighted by Crippen LogP contribution is 2.25. The monoisotopic (exact) mass is 514 g/mol. The Kier molecular flexibility index (Phi) is 7.66. The van der Waals surface area contributed by atoms with Crippen molar-refractivity contribution >= 4 is 45.5 Å². The van der Waals surface area contributed by atoms with Gasteiger partial charge in [0.1, 0.15) is 0 Å². The Bertz CT molecular complexity index is 791. The number of nitrogens with zero attached hydrogens (tertiary/aromatic N) is 2. The maximum Gasteiger partial charge on any atom is 0.191 e. The molecule has 0 aliphatic carbocycles. The molecule has 27 heavy (non-hydrogen) atoms. The molecule has 0 saturated carbocycles. The third kappa shape index (κ3) is 5.90. The summed E-state index contributed by atoms with van der Waals surface area (Å²) in [5, 5.41) is 6.40. The number of hydrogen-bond donors (Lipinski definition) is 2. The average Bonchev–Trinajstić information content (AvgIpc) is 3.20. The summed E-state index contributed by atoms with van der Waals surface area (Å²) >= 11 is 0. The van der Waals surface area contributed by atoms with Crippen LogP contribution in [0.25, 0.3) is 0 Å². The Morgan fingerprint density at radius 1 is 1.30 bits per heavy atom. The van der Waals surface area contributed by atoms with Crippen molar-refractivity contribution in [1.82, 2.24) is 10.6 Å². The Hall–Kier alpha value is -1.17. The minimum atomic E-state index is -2.93. The SMILES string of the molecule is CN=C(NCC1CCN(c2ccc(F)c(F)c2)C1)NC1CCS(=O)(=O)C1.I.